The van der Waals surface area contributed by atoms with Gasteiger partial charge in [0.25, 0.3) is 0 Å². The second-order valence-corrected chi connectivity index (χ2v) is 5.56. The standard InChI is InChI=1S/C18H15Cl2NO/c1-2-9-22-16-6-3-13(4-7-16)10-14(12-21)17-8-5-15(19)11-18(17)20/h3-8,10-11H,2,9H2,1H3/b14-10+. The van der Waals surface area contributed by atoms with Crippen LogP contribution in [-0.2, 0) is 0 Å². The fourth-order valence-corrected chi connectivity index (χ4v) is 2.44. The van der Waals surface area contributed by atoms with Crippen LogP contribution in [0.15, 0.2) is 42.5 Å². The van der Waals surface area contributed by atoms with Crippen molar-refractivity contribution in [1.82, 2.24) is 0 Å². The Hall–Kier alpha value is -1.95. The molecule has 2 aromatic rings. The van der Waals surface area contributed by atoms with E-state index in [1.807, 2.05) is 24.3 Å². The number of nitriles is 1. The molecule has 0 heterocycles. The monoisotopic (exact) mass is 331 g/mol. The van der Waals surface area contributed by atoms with Gasteiger partial charge in [-0.1, -0.05) is 48.3 Å². The molecule has 0 aliphatic carbocycles. The molecule has 112 valence electrons. The van der Waals surface area contributed by atoms with Crippen molar-refractivity contribution in [3.8, 4) is 11.8 Å². The van der Waals surface area contributed by atoms with E-state index in [1.165, 1.54) is 0 Å². The molecule has 4 heteroatoms. The first-order valence-electron chi connectivity index (χ1n) is 6.94. The summed E-state index contributed by atoms with van der Waals surface area (Å²) in [6, 6.07) is 14.9. The molecule has 0 aliphatic rings. The largest absolute Gasteiger partial charge is 0.494 e. The lowest BCUT2D eigenvalue weighted by Gasteiger charge is -2.06. The van der Waals surface area contributed by atoms with Crippen LogP contribution in [0, 0.1) is 11.3 Å². The van der Waals surface area contributed by atoms with E-state index in [2.05, 4.69) is 13.0 Å². The topological polar surface area (TPSA) is 33.0 Å². The summed E-state index contributed by atoms with van der Waals surface area (Å²) in [7, 11) is 0. The number of allylic oxidation sites excluding steroid dienone is 1. The van der Waals surface area contributed by atoms with Crippen LogP contribution in [0.1, 0.15) is 24.5 Å². The number of hydrogen-bond acceptors (Lipinski definition) is 2. The first kappa shape index (κ1) is 16.4. The van der Waals surface area contributed by atoms with Gasteiger partial charge in [-0.15, -0.1) is 0 Å². The van der Waals surface area contributed by atoms with Gasteiger partial charge in [0.2, 0.25) is 0 Å². The molecule has 0 spiro atoms. The lowest BCUT2D eigenvalue weighted by atomic mass is 10.0. The van der Waals surface area contributed by atoms with Gasteiger partial charge in [-0.05, 0) is 42.3 Å². The number of ether oxygens (including phenoxy) is 1. The normalized spacial score (nSPS) is 11.1. The van der Waals surface area contributed by atoms with Crippen molar-refractivity contribution in [2.75, 3.05) is 6.61 Å². The summed E-state index contributed by atoms with van der Waals surface area (Å²) in [5, 5.41) is 10.4. The predicted octanol–water partition coefficient (Wildman–Crippen LogP) is 5.85. The number of halogens is 2. The Morgan fingerprint density at radius 2 is 1.91 bits per heavy atom. The van der Waals surface area contributed by atoms with E-state index in [9.17, 15) is 5.26 Å². The molecule has 0 aliphatic heterocycles. The highest BCUT2D eigenvalue weighted by molar-refractivity contribution is 6.36. The number of benzene rings is 2. The fraction of sp³-hybridized carbons (Fsp3) is 0.167. The molecule has 0 atom stereocenters. The summed E-state index contributed by atoms with van der Waals surface area (Å²) in [5.74, 6) is 0.821. The molecule has 2 nitrogen and oxygen atoms in total. The Kier molecular flexibility index (Phi) is 5.89. The predicted molar refractivity (Wildman–Crippen MR) is 92.2 cm³/mol. The number of rotatable bonds is 5. The lowest BCUT2D eigenvalue weighted by molar-refractivity contribution is 0.317. The Bertz CT molecular complexity index is 715. The molecule has 0 saturated heterocycles. The van der Waals surface area contributed by atoms with Gasteiger partial charge in [-0.3, -0.25) is 0 Å². The Balaban J connectivity index is 2.27. The van der Waals surface area contributed by atoms with Crippen molar-refractivity contribution in [2.24, 2.45) is 0 Å². The van der Waals surface area contributed by atoms with Gasteiger partial charge in [0.1, 0.15) is 5.75 Å². The van der Waals surface area contributed by atoms with Crippen LogP contribution in [0.25, 0.3) is 11.6 Å². The third-order valence-electron chi connectivity index (χ3n) is 3.01. The molecule has 0 unspecified atom stereocenters. The molecule has 0 bridgehead atoms. The van der Waals surface area contributed by atoms with Crippen molar-refractivity contribution in [2.45, 2.75) is 13.3 Å². The van der Waals surface area contributed by atoms with E-state index in [-0.39, 0.29) is 0 Å². The van der Waals surface area contributed by atoms with Gasteiger partial charge in [0.05, 0.1) is 23.3 Å². The van der Waals surface area contributed by atoms with Crippen molar-refractivity contribution < 1.29 is 4.74 Å². The van der Waals surface area contributed by atoms with Crippen molar-refractivity contribution in [3.05, 3.63) is 63.6 Å². The van der Waals surface area contributed by atoms with Gasteiger partial charge in [-0.2, -0.15) is 5.26 Å². The van der Waals surface area contributed by atoms with Crippen LogP contribution in [0.2, 0.25) is 10.0 Å². The van der Waals surface area contributed by atoms with E-state index in [1.54, 1.807) is 24.3 Å². The summed E-state index contributed by atoms with van der Waals surface area (Å²) in [5.41, 5.74) is 2.06. The molecular formula is C18H15Cl2NO. The Morgan fingerprint density at radius 1 is 1.18 bits per heavy atom. The Morgan fingerprint density at radius 3 is 2.50 bits per heavy atom. The molecule has 2 rings (SSSR count). The molecule has 0 saturated carbocycles. The van der Waals surface area contributed by atoms with Gasteiger partial charge >= 0.3 is 0 Å². The average Bonchev–Trinajstić information content (AvgIpc) is 2.52. The molecule has 0 radical (unpaired) electrons. The fourth-order valence-electron chi connectivity index (χ4n) is 1.93. The van der Waals surface area contributed by atoms with Crippen LogP contribution < -0.4 is 4.74 Å². The van der Waals surface area contributed by atoms with E-state index in [0.29, 0.717) is 27.8 Å². The van der Waals surface area contributed by atoms with E-state index < -0.39 is 0 Å². The highest BCUT2D eigenvalue weighted by atomic mass is 35.5. The third-order valence-corrected chi connectivity index (χ3v) is 3.55. The zero-order valence-electron chi connectivity index (χ0n) is 12.1. The number of hydrogen-bond donors (Lipinski definition) is 0. The van der Waals surface area contributed by atoms with Gasteiger partial charge in [-0.25, -0.2) is 0 Å². The summed E-state index contributed by atoms with van der Waals surface area (Å²) in [6.07, 6.45) is 2.76. The zero-order chi connectivity index (χ0) is 15.9. The quantitative estimate of drug-likeness (QED) is 0.508. The SMILES string of the molecule is CCCOc1ccc(/C=C(\C#N)c2ccc(Cl)cc2Cl)cc1. The van der Waals surface area contributed by atoms with E-state index in [0.717, 1.165) is 17.7 Å². The molecule has 2 aromatic carbocycles. The van der Waals surface area contributed by atoms with Crippen LogP contribution >= 0.6 is 23.2 Å². The van der Waals surface area contributed by atoms with Crippen LogP contribution in [-0.4, -0.2) is 6.61 Å². The summed E-state index contributed by atoms with van der Waals surface area (Å²) >= 11 is 12.0. The third kappa shape index (κ3) is 4.27. The van der Waals surface area contributed by atoms with Gasteiger partial charge < -0.3 is 4.74 Å². The minimum Gasteiger partial charge on any atom is -0.494 e. The zero-order valence-corrected chi connectivity index (χ0v) is 13.7. The average molecular weight is 332 g/mol. The molecule has 0 amide bonds. The smallest absolute Gasteiger partial charge is 0.119 e. The maximum Gasteiger partial charge on any atom is 0.119 e. The second kappa shape index (κ2) is 7.89. The summed E-state index contributed by atoms with van der Waals surface area (Å²) in [6.45, 7) is 2.76. The summed E-state index contributed by atoms with van der Waals surface area (Å²) in [4.78, 5) is 0. The lowest BCUT2D eigenvalue weighted by Crippen LogP contribution is -1.94. The van der Waals surface area contributed by atoms with Gasteiger partial charge in [0.15, 0.2) is 0 Å². The maximum atomic E-state index is 9.37. The second-order valence-electron chi connectivity index (χ2n) is 4.71. The summed E-state index contributed by atoms with van der Waals surface area (Å²) < 4.78 is 5.54. The number of nitrogens with zero attached hydrogens (tertiary/aromatic N) is 1. The minimum absolute atomic E-state index is 0.461. The van der Waals surface area contributed by atoms with Crippen molar-refractivity contribution >= 4 is 34.9 Å². The van der Waals surface area contributed by atoms with Crippen LogP contribution in [0.4, 0.5) is 0 Å². The van der Waals surface area contributed by atoms with Crippen molar-refractivity contribution in [1.29, 1.82) is 5.26 Å². The highest BCUT2D eigenvalue weighted by Gasteiger charge is 2.07. The van der Waals surface area contributed by atoms with Crippen LogP contribution in [0.3, 0.4) is 0 Å². The molecule has 0 aromatic heterocycles. The first-order chi connectivity index (χ1) is 10.6. The van der Waals surface area contributed by atoms with Crippen molar-refractivity contribution in [3.63, 3.8) is 0 Å². The molecule has 0 fully saturated rings. The minimum atomic E-state index is 0.461. The first-order valence-corrected chi connectivity index (χ1v) is 7.69. The molecular weight excluding hydrogens is 317 g/mol. The molecule has 22 heavy (non-hydrogen) atoms. The Labute approximate surface area is 140 Å². The van der Waals surface area contributed by atoms with Crippen LogP contribution in [0.5, 0.6) is 5.75 Å². The molecule has 0 N–H and O–H groups in total. The van der Waals surface area contributed by atoms with E-state index in [4.69, 9.17) is 27.9 Å². The van der Waals surface area contributed by atoms with Gasteiger partial charge in [0, 0.05) is 10.6 Å². The highest BCUT2D eigenvalue weighted by Crippen LogP contribution is 2.28. The van der Waals surface area contributed by atoms with E-state index >= 15 is 0 Å². The maximum absolute atomic E-state index is 9.37.